The van der Waals surface area contributed by atoms with Crippen molar-refractivity contribution in [2.24, 2.45) is 11.3 Å². The second kappa shape index (κ2) is 9.25. The van der Waals surface area contributed by atoms with Crippen molar-refractivity contribution in [3.8, 4) is 16.9 Å². The van der Waals surface area contributed by atoms with Gasteiger partial charge in [-0.3, -0.25) is 4.90 Å². The number of fused-ring (bicyclic) bond motifs is 4. The molecular weight excluding hydrogens is 476 g/mol. The molecule has 3 saturated heterocycles. The average Bonchev–Trinajstić information content (AvgIpc) is 3.06. The van der Waals surface area contributed by atoms with Crippen LogP contribution in [0.3, 0.4) is 0 Å². The number of hydrogen-bond acceptors (Lipinski definition) is 4. The van der Waals surface area contributed by atoms with Gasteiger partial charge in [-0.05, 0) is 78.1 Å². The highest BCUT2D eigenvalue weighted by atomic mass is 19.4. The van der Waals surface area contributed by atoms with Gasteiger partial charge < -0.3 is 14.8 Å². The molecule has 2 aromatic rings. The lowest BCUT2D eigenvalue weighted by atomic mass is 9.85. The van der Waals surface area contributed by atoms with Gasteiger partial charge in [-0.2, -0.15) is 13.2 Å². The Balaban J connectivity index is 1.32. The quantitative estimate of drug-likeness (QED) is 0.515. The van der Waals surface area contributed by atoms with E-state index in [9.17, 15) is 22.4 Å². The van der Waals surface area contributed by atoms with E-state index in [2.05, 4.69) is 24.1 Å². The first-order chi connectivity index (χ1) is 17.0. The number of amides is 1. The molecule has 2 aromatic carbocycles. The van der Waals surface area contributed by atoms with E-state index in [-0.39, 0.29) is 23.3 Å². The number of alkyl halides is 3. The Morgan fingerprint density at radius 1 is 1.11 bits per heavy atom. The molecule has 3 aliphatic heterocycles. The largest absolute Gasteiger partial charge is 0.484 e. The van der Waals surface area contributed by atoms with Gasteiger partial charge in [0.25, 0.3) is 0 Å². The summed E-state index contributed by atoms with van der Waals surface area (Å²) in [6, 6.07) is 8.93. The number of carbonyl (C=O) groups excluding carboxylic acids is 1. The third kappa shape index (κ3) is 5.31. The van der Waals surface area contributed by atoms with Gasteiger partial charge in [0.05, 0.1) is 6.04 Å². The van der Waals surface area contributed by atoms with Crippen molar-refractivity contribution >= 4 is 6.09 Å². The van der Waals surface area contributed by atoms with Gasteiger partial charge >= 0.3 is 12.3 Å². The molecule has 4 aliphatic rings. The molecule has 1 aliphatic carbocycles. The van der Waals surface area contributed by atoms with E-state index in [4.69, 9.17) is 9.47 Å². The topological polar surface area (TPSA) is 50.8 Å². The lowest BCUT2D eigenvalue weighted by molar-refractivity contribution is -0.153. The lowest BCUT2D eigenvalue weighted by Crippen LogP contribution is -2.53. The minimum Gasteiger partial charge on any atom is -0.484 e. The number of ether oxygens (including phenoxy) is 2. The molecule has 3 fully saturated rings. The van der Waals surface area contributed by atoms with Crippen LogP contribution in [0, 0.1) is 17.2 Å². The molecule has 3 heterocycles. The Hall–Kier alpha value is -2.81. The fourth-order valence-electron chi connectivity index (χ4n) is 5.82. The highest BCUT2D eigenvalue weighted by molar-refractivity contribution is 5.70. The zero-order valence-corrected chi connectivity index (χ0v) is 20.3. The summed E-state index contributed by atoms with van der Waals surface area (Å²) in [5, 5.41) is 3.07. The number of alkyl carbamates (subject to hydrolysis) is 1. The number of piperidine rings is 3. The van der Waals surface area contributed by atoms with Crippen molar-refractivity contribution < 1.29 is 31.8 Å². The third-order valence-electron chi connectivity index (χ3n) is 7.61. The zero-order valence-electron chi connectivity index (χ0n) is 20.3. The van der Waals surface area contributed by atoms with Crippen molar-refractivity contribution in [2.75, 3.05) is 26.2 Å². The van der Waals surface area contributed by atoms with E-state index < -0.39 is 24.7 Å². The van der Waals surface area contributed by atoms with Crippen LogP contribution in [-0.2, 0) is 11.2 Å². The summed E-state index contributed by atoms with van der Waals surface area (Å²) >= 11 is 0. The number of carbonyl (C=O) groups is 1. The second-order valence-electron chi connectivity index (χ2n) is 10.8. The van der Waals surface area contributed by atoms with Gasteiger partial charge in [-0.15, -0.1) is 0 Å². The van der Waals surface area contributed by atoms with Crippen LogP contribution in [0.1, 0.15) is 43.9 Å². The van der Waals surface area contributed by atoms with Crippen molar-refractivity contribution in [1.82, 2.24) is 10.2 Å². The molecule has 9 heteroatoms. The summed E-state index contributed by atoms with van der Waals surface area (Å²) in [6.07, 6.45) is -2.22. The molecule has 6 rings (SSSR count). The molecule has 5 nitrogen and oxygen atoms in total. The number of halogens is 4. The van der Waals surface area contributed by atoms with Crippen molar-refractivity contribution in [3.63, 3.8) is 0 Å². The van der Waals surface area contributed by atoms with Crippen LogP contribution < -0.4 is 10.1 Å². The zero-order chi connectivity index (χ0) is 25.7. The summed E-state index contributed by atoms with van der Waals surface area (Å²) in [5.41, 5.74) is 2.76. The first kappa shape index (κ1) is 24.9. The maximum absolute atomic E-state index is 14.2. The highest BCUT2D eigenvalue weighted by Crippen LogP contribution is 2.46. The molecule has 0 radical (unpaired) electrons. The van der Waals surface area contributed by atoms with E-state index in [1.54, 1.807) is 6.07 Å². The number of nitrogens with zero attached hydrogens (tertiary/aromatic N) is 1. The molecule has 2 bridgehead atoms. The van der Waals surface area contributed by atoms with Crippen molar-refractivity contribution in [1.29, 1.82) is 0 Å². The maximum Gasteiger partial charge on any atom is 0.422 e. The van der Waals surface area contributed by atoms with Gasteiger partial charge in [-0.25, -0.2) is 9.18 Å². The molecule has 0 saturated carbocycles. The summed E-state index contributed by atoms with van der Waals surface area (Å²) in [7, 11) is 0. The van der Waals surface area contributed by atoms with Crippen molar-refractivity contribution in [2.45, 2.75) is 51.4 Å². The Bertz CT molecular complexity index is 1140. The highest BCUT2D eigenvalue weighted by Gasteiger charge is 2.42. The first-order valence-corrected chi connectivity index (χ1v) is 12.3. The van der Waals surface area contributed by atoms with Gasteiger partial charge in [0, 0.05) is 12.6 Å². The average molecular weight is 507 g/mol. The molecule has 0 spiro atoms. The third-order valence-corrected chi connectivity index (χ3v) is 7.61. The number of benzene rings is 2. The van der Waals surface area contributed by atoms with Crippen LogP contribution >= 0.6 is 0 Å². The molecule has 36 heavy (non-hydrogen) atoms. The minimum absolute atomic E-state index is 0.0828. The van der Waals surface area contributed by atoms with Gasteiger partial charge in [0.1, 0.15) is 17.7 Å². The summed E-state index contributed by atoms with van der Waals surface area (Å²) in [6.45, 7) is 5.57. The molecule has 194 valence electrons. The molecule has 0 unspecified atom stereocenters. The first-order valence-electron chi connectivity index (χ1n) is 12.3. The second-order valence-corrected chi connectivity index (χ2v) is 10.8. The van der Waals surface area contributed by atoms with Crippen molar-refractivity contribution in [3.05, 3.63) is 53.3 Å². The van der Waals surface area contributed by atoms with Gasteiger partial charge in [-0.1, -0.05) is 32.0 Å². The molecular formula is C27H30F4N2O3. The van der Waals surface area contributed by atoms with Crippen LogP contribution in [0.5, 0.6) is 5.75 Å². The molecule has 0 aromatic heterocycles. The van der Waals surface area contributed by atoms with Crippen LogP contribution in [-0.4, -0.2) is 49.5 Å². The summed E-state index contributed by atoms with van der Waals surface area (Å²) < 4.78 is 62.3. The summed E-state index contributed by atoms with van der Waals surface area (Å²) in [4.78, 5) is 15.2. The van der Waals surface area contributed by atoms with Gasteiger partial charge in [0.2, 0.25) is 0 Å². The fourth-order valence-corrected chi connectivity index (χ4v) is 5.82. The maximum atomic E-state index is 14.2. The van der Waals surface area contributed by atoms with Crippen LogP contribution in [0.25, 0.3) is 11.1 Å². The number of hydrogen-bond donors (Lipinski definition) is 1. The van der Waals surface area contributed by atoms with Crippen LogP contribution in [0.2, 0.25) is 0 Å². The Labute approximate surface area is 207 Å². The fraction of sp³-hybridized carbons (Fsp3) is 0.519. The lowest BCUT2D eigenvalue weighted by Gasteiger charge is -2.44. The van der Waals surface area contributed by atoms with E-state index in [0.717, 1.165) is 49.7 Å². The SMILES string of the molecule is CC1(C)Cc2cc(-c3cc(F)cc(OCC(F)(F)F)c3)ccc2[C@@H]1NC(=O)O[C@H]1CN2CCC1CC2. The standard InChI is InChI=1S/C27H30F4N2O3/c1-26(2)13-19-9-17(18-10-20(28)12-21(11-18)35-15-27(29,30)31)3-4-22(19)24(26)32-25(34)36-23-14-33-7-5-16(23)6-8-33/h3-4,9-12,16,23-24H,5-8,13-15H2,1-2H3,(H,32,34)/t23-,24-/m0/s1. The van der Waals surface area contributed by atoms with E-state index in [0.29, 0.717) is 23.5 Å². The predicted molar refractivity (Wildman–Crippen MR) is 126 cm³/mol. The molecule has 1 amide bonds. The number of rotatable bonds is 5. The molecule has 2 atom stereocenters. The van der Waals surface area contributed by atoms with Gasteiger partial charge in [0.15, 0.2) is 6.61 Å². The monoisotopic (exact) mass is 506 g/mol. The van der Waals surface area contributed by atoms with Crippen LogP contribution in [0.4, 0.5) is 22.4 Å². The Morgan fingerprint density at radius 2 is 1.86 bits per heavy atom. The summed E-state index contributed by atoms with van der Waals surface area (Å²) in [5.74, 6) is -0.442. The minimum atomic E-state index is -4.51. The van der Waals surface area contributed by atoms with E-state index in [1.165, 1.54) is 12.1 Å². The Morgan fingerprint density at radius 3 is 2.53 bits per heavy atom. The predicted octanol–water partition coefficient (Wildman–Crippen LogP) is 5.88. The van der Waals surface area contributed by atoms with E-state index in [1.807, 2.05) is 12.1 Å². The Kier molecular flexibility index (Phi) is 6.39. The number of nitrogens with one attached hydrogen (secondary N) is 1. The normalized spacial score (nSPS) is 26.4. The molecule has 1 N–H and O–H groups in total. The van der Waals surface area contributed by atoms with E-state index >= 15 is 0 Å². The smallest absolute Gasteiger partial charge is 0.422 e. The van der Waals surface area contributed by atoms with Crippen LogP contribution in [0.15, 0.2) is 36.4 Å².